The summed E-state index contributed by atoms with van der Waals surface area (Å²) in [6, 6.07) is 3.30. The molecule has 1 aliphatic rings. The Kier molecular flexibility index (Phi) is 4.08. The van der Waals surface area contributed by atoms with Crippen LogP contribution in [0, 0.1) is 0 Å². The molecule has 1 aliphatic carbocycles. The van der Waals surface area contributed by atoms with Gasteiger partial charge in [-0.05, 0) is 49.0 Å². The van der Waals surface area contributed by atoms with Crippen LogP contribution in [0.2, 0.25) is 0 Å². The highest BCUT2D eigenvalue weighted by atomic mass is 35.5. The molecule has 0 aliphatic heterocycles. The summed E-state index contributed by atoms with van der Waals surface area (Å²) in [7, 11) is 0. The third kappa shape index (κ3) is 3.24. The SMILES string of the molecule is O=c1ccc2c(o1)/C(=C\C=C(Cl)Cl)CCCC2. The number of hydrogen-bond donors (Lipinski definition) is 0. The quantitative estimate of drug-likeness (QED) is 0.721. The molecule has 2 rings (SSSR count). The molecule has 0 amide bonds. The number of fused-ring (bicyclic) bond motifs is 1. The van der Waals surface area contributed by atoms with Gasteiger partial charge in [-0.15, -0.1) is 0 Å². The maximum atomic E-state index is 11.3. The van der Waals surface area contributed by atoms with Crippen LogP contribution in [0.4, 0.5) is 0 Å². The molecule has 0 atom stereocenters. The van der Waals surface area contributed by atoms with Gasteiger partial charge in [0, 0.05) is 6.07 Å². The van der Waals surface area contributed by atoms with E-state index >= 15 is 0 Å². The van der Waals surface area contributed by atoms with Gasteiger partial charge in [-0.2, -0.15) is 0 Å². The predicted molar refractivity (Wildman–Crippen MR) is 70.3 cm³/mol. The molecule has 1 heterocycles. The minimum atomic E-state index is -0.322. The van der Waals surface area contributed by atoms with Gasteiger partial charge >= 0.3 is 5.63 Å². The van der Waals surface area contributed by atoms with Crippen LogP contribution >= 0.6 is 23.2 Å². The molecule has 0 saturated heterocycles. The first-order chi connectivity index (χ1) is 8.16. The Morgan fingerprint density at radius 2 is 2.00 bits per heavy atom. The van der Waals surface area contributed by atoms with Crippen LogP contribution in [0.3, 0.4) is 0 Å². The van der Waals surface area contributed by atoms with Crippen LogP contribution in [0.1, 0.15) is 30.6 Å². The topological polar surface area (TPSA) is 30.2 Å². The number of allylic oxidation sites excluding steroid dienone is 3. The van der Waals surface area contributed by atoms with Gasteiger partial charge in [0.25, 0.3) is 0 Å². The molecule has 2 nitrogen and oxygen atoms in total. The van der Waals surface area contributed by atoms with Gasteiger partial charge < -0.3 is 4.42 Å². The van der Waals surface area contributed by atoms with Crippen molar-refractivity contribution in [3.63, 3.8) is 0 Å². The molecule has 0 N–H and O–H groups in total. The standard InChI is InChI=1S/C13H12Cl2O2/c14-11(15)7-5-9-3-1-2-4-10-6-8-12(16)17-13(9)10/h5-8H,1-4H2/b9-5-. The Hall–Kier alpha value is -0.990. The van der Waals surface area contributed by atoms with Crippen LogP contribution < -0.4 is 5.63 Å². The fourth-order valence-corrected chi connectivity index (χ4v) is 2.11. The highest BCUT2D eigenvalue weighted by Crippen LogP contribution is 2.29. The Labute approximate surface area is 110 Å². The summed E-state index contributed by atoms with van der Waals surface area (Å²) in [5.41, 5.74) is 1.74. The van der Waals surface area contributed by atoms with Crippen LogP contribution in [0.15, 0.2) is 38.0 Å². The molecule has 17 heavy (non-hydrogen) atoms. The Morgan fingerprint density at radius 1 is 1.24 bits per heavy atom. The van der Waals surface area contributed by atoms with Crippen molar-refractivity contribution in [3.8, 4) is 0 Å². The maximum absolute atomic E-state index is 11.3. The smallest absolute Gasteiger partial charge is 0.336 e. The van der Waals surface area contributed by atoms with Gasteiger partial charge in [0.1, 0.15) is 10.3 Å². The lowest BCUT2D eigenvalue weighted by atomic mass is 10.1. The number of hydrogen-bond acceptors (Lipinski definition) is 2. The van der Waals surface area contributed by atoms with Crippen LogP contribution in [0.5, 0.6) is 0 Å². The van der Waals surface area contributed by atoms with Crippen molar-refractivity contribution in [2.75, 3.05) is 0 Å². The maximum Gasteiger partial charge on any atom is 0.336 e. The average molecular weight is 271 g/mol. The number of rotatable bonds is 1. The molecule has 0 aromatic carbocycles. The van der Waals surface area contributed by atoms with Crippen molar-refractivity contribution >= 4 is 28.8 Å². The largest absolute Gasteiger partial charge is 0.423 e. The van der Waals surface area contributed by atoms with Gasteiger partial charge in [0.05, 0.1) is 0 Å². The first kappa shape index (κ1) is 12.5. The summed E-state index contributed by atoms with van der Waals surface area (Å²) in [6.45, 7) is 0. The molecule has 0 saturated carbocycles. The minimum Gasteiger partial charge on any atom is -0.423 e. The summed E-state index contributed by atoms with van der Waals surface area (Å²) < 4.78 is 5.48. The van der Waals surface area contributed by atoms with E-state index in [9.17, 15) is 4.79 Å². The molecule has 0 radical (unpaired) electrons. The highest BCUT2D eigenvalue weighted by molar-refractivity contribution is 6.56. The van der Waals surface area contributed by atoms with E-state index in [-0.39, 0.29) is 10.1 Å². The van der Waals surface area contributed by atoms with Crippen molar-refractivity contribution in [1.82, 2.24) is 0 Å². The zero-order valence-corrected chi connectivity index (χ0v) is 10.7. The third-order valence-corrected chi connectivity index (χ3v) is 3.01. The third-order valence-electron chi connectivity index (χ3n) is 2.76. The second-order valence-electron chi connectivity index (χ2n) is 3.96. The van der Waals surface area contributed by atoms with E-state index < -0.39 is 0 Å². The molecule has 90 valence electrons. The van der Waals surface area contributed by atoms with E-state index in [1.165, 1.54) is 6.07 Å². The van der Waals surface area contributed by atoms with Gasteiger partial charge in [0.2, 0.25) is 0 Å². The van der Waals surface area contributed by atoms with Crippen molar-refractivity contribution in [2.24, 2.45) is 0 Å². The molecule has 1 aromatic heterocycles. The second kappa shape index (κ2) is 5.56. The first-order valence-corrected chi connectivity index (χ1v) is 6.27. The normalized spacial score (nSPS) is 17.4. The fraction of sp³-hybridized carbons (Fsp3) is 0.308. The van der Waals surface area contributed by atoms with Gasteiger partial charge in [0.15, 0.2) is 0 Å². The zero-order chi connectivity index (χ0) is 12.3. The minimum absolute atomic E-state index is 0.196. The first-order valence-electron chi connectivity index (χ1n) is 5.52. The van der Waals surface area contributed by atoms with Crippen LogP contribution in [-0.4, -0.2) is 0 Å². The Bertz CT molecular complexity index is 522. The molecular formula is C13H12Cl2O2. The van der Waals surface area contributed by atoms with Crippen molar-refractivity contribution in [3.05, 3.63) is 50.5 Å². The van der Waals surface area contributed by atoms with E-state index in [1.807, 2.05) is 12.1 Å². The predicted octanol–water partition coefficient (Wildman–Crippen LogP) is 4.07. The van der Waals surface area contributed by atoms with Crippen molar-refractivity contribution in [2.45, 2.75) is 25.7 Å². The van der Waals surface area contributed by atoms with Crippen LogP contribution in [0.25, 0.3) is 5.57 Å². The Morgan fingerprint density at radius 3 is 2.76 bits per heavy atom. The second-order valence-corrected chi connectivity index (χ2v) is 4.97. The monoisotopic (exact) mass is 270 g/mol. The van der Waals surface area contributed by atoms with E-state index in [2.05, 4.69) is 0 Å². The Balaban J connectivity index is 2.49. The lowest BCUT2D eigenvalue weighted by molar-refractivity contribution is 0.490. The summed E-state index contributed by atoms with van der Waals surface area (Å²) in [6.07, 6.45) is 7.41. The van der Waals surface area contributed by atoms with E-state index in [4.69, 9.17) is 27.6 Å². The average Bonchev–Trinajstić information content (AvgIpc) is 2.48. The van der Waals surface area contributed by atoms with Crippen molar-refractivity contribution < 1.29 is 4.42 Å². The van der Waals surface area contributed by atoms with Crippen molar-refractivity contribution in [1.29, 1.82) is 0 Å². The number of halogens is 2. The molecule has 0 bridgehead atoms. The molecule has 1 aromatic rings. The molecule has 0 spiro atoms. The van der Waals surface area contributed by atoms with E-state index in [0.717, 1.165) is 36.8 Å². The van der Waals surface area contributed by atoms with E-state index in [0.29, 0.717) is 5.76 Å². The highest BCUT2D eigenvalue weighted by Gasteiger charge is 2.14. The lowest BCUT2D eigenvalue weighted by Gasteiger charge is -2.05. The number of aryl methyl sites for hydroxylation is 1. The molecule has 4 heteroatoms. The molecular weight excluding hydrogens is 259 g/mol. The summed E-state index contributed by atoms with van der Waals surface area (Å²) in [5, 5.41) is 0. The molecule has 0 unspecified atom stereocenters. The summed E-state index contributed by atoms with van der Waals surface area (Å²) in [4.78, 5) is 11.3. The molecule has 0 fully saturated rings. The fourth-order valence-electron chi connectivity index (χ4n) is 1.98. The summed E-state index contributed by atoms with van der Waals surface area (Å²) in [5.74, 6) is 0.681. The summed E-state index contributed by atoms with van der Waals surface area (Å²) >= 11 is 11.2. The van der Waals surface area contributed by atoms with Gasteiger partial charge in [-0.25, -0.2) is 4.79 Å². The van der Waals surface area contributed by atoms with Crippen LogP contribution in [-0.2, 0) is 6.42 Å². The van der Waals surface area contributed by atoms with Gasteiger partial charge in [-0.3, -0.25) is 0 Å². The lowest BCUT2D eigenvalue weighted by Crippen LogP contribution is -2.01. The zero-order valence-electron chi connectivity index (χ0n) is 9.21. The van der Waals surface area contributed by atoms with E-state index in [1.54, 1.807) is 6.08 Å². The van der Waals surface area contributed by atoms with Gasteiger partial charge in [-0.1, -0.05) is 29.3 Å².